The van der Waals surface area contributed by atoms with E-state index in [4.69, 9.17) is 9.84 Å². The Morgan fingerprint density at radius 1 is 1.06 bits per heavy atom. The second-order valence-corrected chi connectivity index (χ2v) is 8.81. The van der Waals surface area contributed by atoms with Crippen LogP contribution in [0.4, 0.5) is 0 Å². The van der Waals surface area contributed by atoms with Gasteiger partial charge in [0.15, 0.2) is 0 Å². The molecule has 2 aliphatic rings. The van der Waals surface area contributed by atoms with Crippen molar-refractivity contribution in [1.29, 1.82) is 0 Å². The summed E-state index contributed by atoms with van der Waals surface area (Å²) in [5.41, 5.74) is 5.54. The second kappa shape index (κ2) is 9.84. The number of piperazine rings is 1. The highest BCUT2D eigenvalue weighted by molar-refractivity contribution is 6.04. The number of carbonyl (C=O) groups excluding carboxylic acids is 1. The first kappa shape index (κ1) is 22.5. The Balaban J connectivity index is 1.60. The van der Waals surface area contributed by atoms with Gasteiger partial charge in [-0.3, -0.25) is 9.69 Å². The van der Waals surface area contributed by atoms with Crippen molar-refractivity contribution in [2.45, 2.75) is 33.2 Å². The first-order valence-corrected chi connectivity index (χ1v) is 11.5. The van der Waals surface area contributed by atoms with Gasteiger partial charge in [-0.05, 0) is 49.7 Å². The van der Waals surface area contributed by atoms with Gasteiger partial charge in [-0.1, -0.05) is 36.8 Å². The van der Waals surface area contributed by atoms with Crippen LogP contribution in [0.2, 0.25) is 0 Å². The number of aryl methyl sites for hydroxylation is 2. The fourth-order valence-corrected chi connectivity index (χ4v) is 4.59. The van der Waals surface area contributed by atoms with Crippen LogP contribution < -0.4 is 4.74 Å². The maximum absolute atomic E-state index is 13.5. The van der Waals surface area contributed by atoms with Crippen molar-refractivity contribution in [3.8, 4) is 5.75 Å². The highest BCUT2D eigenvalue weighted by atomic mass is 16.5. The number of amides is 1. The molecule has 170 valence electrons. The summed E-state index contributed by atoms with van der Waals surface area (Å²) in [7, 11) is 1.67. The van der Waals surface area contributed by atoms with Crippen LogP contribution in [0.3, 0.4) is 0 Å². The minimum atomic E-state index is -0.121. The minimum Gasteiger partial charge on any atom is -0.497 e. The van der Waals surface area contributed by atoms with Gasteiger partial charge >= 0.3 is 0 Å². The molecule has 4 rings (SSSR count). The van der Waals surface area contributed by atoms with Crippen molar-refractivity contribution in [3.05, 3.63) is 64.7 Å². The van der Waals surface area contributed by atoms with Crippen LogP contribution in [0.15, 0.2) is 47.6 Å². The van der Waals surface area contributed by atoms with E-state index in [-0.39, 0.29) is 11.9 Å². The maximum Gasteiger partial charge on any atom is 0.257 e. The molecule has 1 atom stereocenters. The number of hydrogen-bond acceptors (Lipinski definition) is 5. The molecule has 2 aliphatic heterocycles. The lowest BCUT2D eigenvalue weighted by atomic mass is 9.95. The number of hydrazone groups is 1. The average Bonchev–Trinajstić information content (AvgIpc) is 3.27. The average molecular weight is 435 g/mol. The Labute approximate surface area is 191 Å². The van der Waals surface area contributed by atoms with E-state index in [0.29, 0.717) is 13.0 Å². The standard InChI is InChI=1S/C26H34N4O2/c1-5-28-11-13-29(14-12-28)18-26(31)30-25(21-7-6-8-22(16-21)32-4)17-24(27-30)23-15-19(2)9-10-20(23)3/h6-10,15-16,25H,5,11-14,17-18H2,1-4H3/t25-/m0/s1. The van der Waals surface area contributed by atoms with Gasteiger partial charge in [0.05, 0.1) is 25.4 Å². The van der Waals surface area contributed by atoms with Gasteiger partial charge in [0.2, 0.25) is 0 Å². The smallest absolute Gasteiger partial charge is 0.257 e. The fraction of sp³-hybridized carbons (Fsp3) is 0.462. The molecule has 0 aromatic heterocycles. The van der Waals surface area contributed by atoms with Crippen LogP contribution in [-0.4, -0.2) is 72.8 Å². The Kier molecular flexibility index (Phi) is 6.92. The van der Waals surface area contributed by atoms with Gasteiger partial charge in [0.1, 0.15) is 5.75 Å². The highest BCUT2D eigenvalue weighted by Gasteiger charge is 2.34. The first-order valence-electron chi connectivity index (χ1n) is 11.5. The Bertz CT molecular complexity index is 995. The summed E-state index contributed by atoms with van der Waals surface area (Å²) < 4.78 is 5.44. The van der Waals surface area contributed by atoms with E-state index in [1.54, 1.807) is 12.1 Å². The highest BCUT2D eigenvalue weighted by Crippen LogP contribution is 2.35. The predicted octanol–water partition coefficient (Wildman–Crippen LogP) is 3.63. The number of benzene rings is 2. The fourth-order valence-electron chi connectivity index (χ4n) is 4.59. The van der Waals surface area contributed by atoms with Gasteiger partial charge in [0, 0.05) is 38.2 Å². The van der Waals surface area contributed by atoms with Crippen LogP contribution >= 0.6 is 0 Å². The SMILES string of the molecule is CCN1CCN(CC(=O)N2N=C(c3cc(C)ccc3C)C[C@H]2c2cccc(OC)c2)CC1. The Morgan fingerprint density at radius 2 is 1.81 bits per heavy atom. The minimum absolute atomic E-state index is 0.0584. The van der Waals surface area contributed by atoms with Crippen LogP contribution in [0.5, 0.6) is 5.75 Å². The summed E-state index contributed by atoms with van der Waals surface area (Å²) >= 11 is 0. The zero-order valence-corrected chi connectivity index (χ0v) is 19.7. The monoisotopic (exact) mass is 434 g/mol. The zero-order chi connectivity index (χ0) is 22.7. The summed E-state index contributed by atoms with van der Waals surface area (Å²) in [5.74, 6) is 0.855. The van der Waals surface area contributed by atoms with Gasteiger partial charge in [-0.2, -0.15) is 5.10 Å². The summed E-state index contributed by atoms with van der Waals surface area (Å²) in [6.07, 6.45) is 0.701. The maximum atomic E-state index is 13.5. The molecule has 6 nitrogen and oxygen atoms in total. The first-order chi connectivity index (χ1) is 15.5. The van der Waals surface area contributed by atoms with E-state index < -0.39 is 0 Å². The van der Waals surface area contributed by atoms with Gasteiger partial charge in [-0.15, -0.1) is 0 Å². The lowest BCUT2D eigenvalue weighted by Gasteiger charge is -2.34. The van der Waals surface area contributed by atoms with Crippen molar-refractivity contribution >= 4 is 11.6 Å². The topological polar surface area (TPSA) is 48.4 Å². The summed E-state index contributed by atoms with van der Waals surface area (Å²) in [5, 5.41) is 6.61. The number of likely N-dealkylation sites (N-methyl/N-ethyl adjacent to an activating group) is 1. The van der Waals surface area contributed by atoms with Crippen LogP contribution in [0.25, 0.3) is 0 Å². The lowest BCUT2D eigenvalue weighted by Crippen LogP contribution is -2.49. The quantitative estimate of drug-likeness (QED) is 0.697. The summed E-state index contributed by atoms with van der Waals surface area (Å²) in [6, 6.07) is 14.3. The van der Waals surface area contributed by atoms with E-state index >= 15 is 0 Å². The third-order valence-electron chi connectivity index (χ3n) is 6.62. The molecule has 0 N–H and O–H groups in total. The molecule has 32 heavy (non-hydrogen) atoms. The van der Waals surface area contributed by atoms with E-state index in [1.165, 1.54) is 11.1 Å². The van der Waals surface area contributed by atoms with E-state index in [0.717, 1.165) is 55.3 Å². The molecular formula is C26H34N4O2. The molecule has 6 heteroatoms. The molecule has 0 saturated carbocycles. The zero-order valence-electron chi connectivity index (χ0n) is 19.7. The lowest BCUT2D eigenvalue weighted by molar-refractivity contribution is -0.134. The number of methoxy groups -OCH3 is 1. The molecule has 2 aromatic rings. The molecule has 0 unspecified atom stereocenters. The molecule has 2 heterocycles. The van der Waals surface area contributed by atoms with Crippen molar-refractivity contribution < 1.29 is 9.53 Å². The largest absolute Gasteiger partial charge is 0.497 e. The van der Waals surface area contributed by atoms with Crippen LogP contribution in [0, 0.1) is 13.8 Å². The van der Waals surface area contributed by atoms with Crippen molar-refractivity contribution in [3.63, 3.8) is 0 Å². The molecule has 0 aliphatic carbocycles. The number of nitrogens with zero attached hydrogens (tertiary/aromatic N) is 4. The van der Waals surface area contributed by atoms with Gasteiger partial charge in [0.25, 0.3) is 5.91 Å². The second-order valence-electron chi connectivity index (χ2n) is 8.81. The predicted molar refractivity (Wildman–Crippen MR) is 128 cm³/mol. The Morgan fingerprint density at radius 3 is 2.53 bits per heavy atom. The van der Waals surface area contributed by atoms with Gasteiger partial charge < -0.3 is 9.64 Å². The number of ether oxygens (including phenoxy) is 1. The molecule has 0 bridgehead atoms. The van der Waals surface area contributed by atoms with Crippen LogP contribution in [-0.2, 0) is 4.79 Å². The molecular weight excluding hydrogens is 400 g/mol. The third kappa shape index (κ3) is 4.87. The number of carbonyl (C=O) groups is 1. The molecule has 0 spiro atoms. The van der Waals surface area contributed by atoms with E-state index in [1.807, 2.05) is 18.2 Å². The number of rotatable bonds is 6. The van der Waals surface area contributed by atoms with Crippen molar-refractivity contribution in [2.24, 2.45) is 5.10 Å². The normalized spacial score (nSPS) is 19.8. The van der Waals surface area contributed by atoms with Crippen LogP contribution in [0.1, 0.15) is 41.6 Å². The van der Waals surface area contributed by atoms with Crippen molar-refractivity contribution in [2.75, 3.05) is 46.4 Å². The Hall–Kier alpha value is -2.70. The van der Waals surface area contributed by atoms with Crippen molar-refractivity contribution in [1.82, 2.24) is 14.8 Å². The summed E-state index contributed by atoms with van der Waals surface area (Å²) in [4.78, 5) is 18.1. The molecule has 1 amide bonds. The molecule has 2 aromatic carbocycles. The molecule has 1 fully saturated rings. The van der Waals surface area contributed by atoms with Gasteiger partial charge in [-0.25, -0.2) is 5.01 Å². The molecule has 1 saturated heterocycles. The number of hydrogen-bond donors (Lipinski definition) is 0. The molecule has 0 radical (unpaired) electrons. The summed E-state index contributed by atoms with van der Waals surface area (Å²) in [6.45, 7) is 11.7. The van der Waals surface area contributed by atoms with E-state index in [2.05, 4.69) is 54.8 Å². The van der Waals surface area contributed by atoms with E-state index in [9.17, 15) is 4.79 Å². The third-order valence-corrected chi connectivity index (χ3v) is 6.62.